The van der Waals surface area contributed by atoms with Gasteiger partial charge in [-0.05, 0) is 88.3 Å². The molecule has 2 aliphatic heterocycles. The highest BCUT2D eigenvalue weighted by Crippen LogP contribution is 2.67. The lowest BCUT2D eigenvalue weighted by Crippen LogP contribution is -2.71. The van der Waals surface area contributed by atoms with Crippen molar-refractivity contribution in [1.29, 1.82) is 0 Å². The zero-order valence-corrected chi connectivity index (χ0v) is 33.6. The van der Waals surface area contributed by atoms with Crippen molar-refractivity contribution in [2.45, 2.75) is 96.6 Å². The van der Waals surface area contributed by atoms with Gasteiger partial charge < -0.3 is 28.8 Å². The molecule has 4 saturated carbocycles. The first-order valence-electron chi connectivity index (χ1n) is 20.3. The van der Waals surface area contributed by atoms with Crippen molar-refractivity contribution in [1.82, 2.24) is 20.4 Å². The van der Waals surface area contributed by atoms with Gasteiger partial charge in [0.1, 0.15) is 35.4 Å². The Morgan fingerprint density at radius 3 is 2.41 bits per heavy atom. The van der Waals surface area contributed by atoms with Gasteiger partial charge >= 0.3 is 23.6 Å². The van der Waals surface area contributed by atoms with E-state index < -0.39 is 46.3 Å². The molecule has 6 aliphatic rings. The van der Waals surface area contributed by atoms with Crippen molar-refractivity contribution < 1.29 is 43.2 Å². The largest absolute Gasteiger partial charge is 0.484 e. The fraction of sp³-hybridized carbons (Fsp3) is 0.535. The van der Waals surface area contributed by atoms with Gasteiger partial charge in [0.05, 0.1) is 42.5 Å². The Morgan fingerprint density at radius 2 is 1.73 bits per heavy atom. The fourth-order valence-electron chi connectivity index (χ4n) is 9.66. The Kier molecular flexibility index (Phi) is 10.7. The van der Waals surface area contributed by atoms with Crippen molar-refractivity contribution in [3.05, 3.63) is 76.7 Å². The Hall–Kier alpha value is -5.48. The first-order chi connectivity index (χ1) is 28.2. The summed E-state index contributed by atoms with van der Waals surface area (Å²) in [7, 11) is 0. The number of aliphatic hydroxyl groups is 2. The lowest BCUT2D eigenvalue weighted by Gasteiger charge is -2.66. The molecule has 16 nitrogen and oxygen atoms in total. The number of hydrazone groups is 2. The average Bonchev–Trinajstić information content (AvgIpc) is 4.15. The molecule has 0 unspecified atom stereocenters. The normalized spacial score (nSPS) is 32.2. The smallest absolute Gasteiger partial charge is 0.358 e. The third kappa shape index (κ3) is 7.75. The number of hydrogen-bond donors (Lipinski definition) is 3. The molecule has 3 aromatic heterocycles. The highest BCUT2D eigenvalue weighted by atomic mass is 16.6. The summed E-state index contributed by atoms with van der Waals surface area (Å²) in [6.45, 7) is 8.07. The fourth-order valence-corrected chi connectivity index (χ4v) is 9.66. The van der Waals surface area contributed by atoms with Gasteiger partial charge in [-0.1, -0.05) is 19.9 Å². The van der Waals surface area contributed by atoms with Gasteiger partial charge in [-0.2, -0.15) is 10.2 Å². The van der Waals surface area contributed by atoms with E-state index in [-0.39, 0.29) is 65.8 Å². The minimum atomic E-state index is -1.29. The Balaban J connectivity index is 0.000000254. The number of carbonyl (C=O) groups is 3. The molecule has 9 rings (SSSR count). The van der Waals surface area contributed by atoms with Crippen LogP contribution in [0.1, 0.15) is 89.9 Å². The second-order valence-corrected chi connectivity index (χ2v) is 17.4. The first kappa shape index (κ1) is 40.3. The van der Waals surface area contributed by atoms with Crippen LogP contribution in [0.5, 0.6) is 5.75 Å². The van der Waals surface area contributed by atoms with Crippen molar-refractivity contribution in [2.24, 2.45) is 44.7 Å². The number of amides is 2. The number of carbonyl (C=O) groups excluding carboxylic acids is 3. The van der Waals surface area contributed by atoms with Gasteiger partial charge in [0, 0.05) is 53.3 Å². The van der Waals surface area contributed by atoms with E-state index in [0.717, 1.165) is 37.0 Å². The molecule has 16 heteroatoms. The first-order valence-corrected chi connectivity index (χ1v) is 20.3. The Labute approximate surface area is 341 Å². The highest BCUT2D eigenvalue weighted by Gasteiger charge is 2.70. The second-order valence-electron chi connectivity index (χ2n) is 17.4. The predicted molar refractivity (Wildman–Crippen MR) is 212 cm³/mol. The molecule has 312 valence electrons. The number of nitrogens with zero attached hydrogens (tertiary/aromatic N) is 5. The van der Waals surface area contributed by atoms with E-state index in [1.165, 1.54) is 5.01 Å². The molecule has 4 aliphatic carbocycles. The van der Waals surface area contributed by atoms with Crippen molar-refractivity contribution in [2.75, 3.05) is 13.2 Å². The second kappa shape index (κ2) is 15.6. The van der Waals surface area contributed by atoms with Crippen LogP contribution in [0.3, 0.4) is 0 Å². The zero-order valence-electron chi connectivity index (χ0n) is 33.6. The number of hydrogen-bond acceptors (Lipinski definition) is 14. The molecule has 0 aromatic carbocycles. The molecule has 3 aromatic rings. The number of fused-ring (bicyclic) bond motifs is 4. The van der Waals surface area contributed by atoms with Crippen molar-refractivity contribution in [3.8, 4) is 17.1 Å². The van der Waals surface area contributed by atoms with Crippen LogP contribution in [0, 0.1) is 34.5 Å². The number of ether oxygens (including phenoxy) is 3. The maximum Gasteiger partial charge on any atom is 0.358 e. The average molecular weight is 811 g/mol. The third-order valence-electron chi connectivity index (χ3n) is 13.2. The van der Waals surface area contributed by atoms with Crippen molar-refractivity contribution >= 4 is 29.9 Å². The predicted octanol–water partition coefficient (Wildman–Crippen LogP) is 4.78. The summed E-state index contributed by atoms with van der Waals surface area (Å²) in [5.74, 6) is -1.26. The van der Waals surface area contributed by atoms with Gasteiger partial charge in [-0.25, -0.2) is 20.0 Å². The molecule has 0 spiro atoms. The van der Waals surface area contributed by atoms with E-state index in [0.29, 0.717) is 24.9 Å². The molecule has 0 radical (unpaired) electrons. The summed E-state index contributed by atoms with van der Waals surface area (Å²) in [6, 6.07) is 8.41. The zero-order chi connectivity index (χ0) is 41.7. The number of aromatic nitrogens is 2. The molecular weight excluding hydrogens is 761 g/mol. The lowest BCUT2D eigenvalue weighted by atomic mass is 9.42. The number of urea groups is 1. The van der Waals surface area contributed by atoms with Gasteiger partial charge in [-0.3, -0.25) is 19.6 Å². The minimum Gasteiger partial charge on any atom is -0.484 e. The number of pyridine rings is 2. The summed E-state index contributed by atoms with van der Waals surface area (Å²) in [5, 5.41) is 33.0. The topological polar surface area (TPSA) is 215 Å². The Bertz CT molecular complexity index is 2210. The van der Waals surface area contributed by atoms with Gasteiger partial charge in [0.25, 0.3) is 0 Å². The maximum atomic E-state index is 13.4. The molecule has 59 heavy (non-hydrogen) atoms. The van der Waals surface area contributed by atoms with Crippen LogP contribution in [0.2, 0.25) is 0 Å². The minimum absolute atomic E-state index is 0.0216. The van der Waals surface area contributed by atoms with Gasteiger partial charge in [0.15, 0.2) is 0 Å². The molecule has 0 bridgehead atoms. The van der Waals surface area contributed by atoms with Crippen LogP contribution < -0.4 is 15.8 Å². The molecule has 2 amide bonds. The summed E-state index contributed by atoms with van der Waals surface area (Å²) in [6.07, 6.45) is 9.83. The van der Waals surface area contributed by atoms with E-state index in [9.17, 15) is 29.4 Å². The number of rotatable bonds is 8. The summed E-state index contributed by atoms with van der Waals surface area (Å²) < 4.78 is 24.2. The van der Waals surface area contributed by atoms with Crippen LogP contribution in [0.25, 0.3) is 11.3 Å². The van der Waals surface area contributed by atoms with Crippen LogP contribution >= 0.6 is 0 Å². The van der Waals surface area contributed by atoms with Crippen LogP contribution in [0.4, 0.5) is 4.79 Å². The third-order valence-corrected chi connectivity index (χ3v) is 13.2. The quantitative estimate of drug-likeness (QED) is 0.207. The van der Waals surface area contributed by atoms with E-state index in [1.807, 2.05) is 26.0 Å². The van der Waals surface area contributed by atoms with E-state index in [2.05, 4.69) is 32.5 Å². The van der Waals surface area contributed by atoms with E-state index >= 15 is 0 Å². The molecule has 3 N–H and O–H groups in total. The lowest BCUT2D eigenvalue weighted by molar-refractivity contribution is -0.267. The van der Waals surface area contributed by atoms with Gasteiger partial charge in [-0.15, -0.1) is 0 Å². The molecular formula is C43H50N6O10. The highest BCUT2D eigenvalue weighted by molar-refractivity contribution is 5.92. The van der Waals surface area contributed by atoms with Crippen molar-refractivity contribution in [3.63, 3.8) is 0 Å². The summed E-state index contributed by atoms with van der Waals surface area (Å²) >= 11 is 0. The SMILES string of the molecule is CC1=NNC(=O)N(/N=C/c2cccnc2)C1.C[C@]1(COC(=O)C2CC2)[C@@H]2C[C@H](O)[C@@]3(C)Oc4cc(-c5cccnc5)oc(=O)c4[C@H](O)[C@@H]3[C@@]2(C)CC[C@@H]1OC(=O)C1CC1. The maximum absolute atomic E-state index is 13.4. The Morgan fingerprint density at radius 1 is 1.02 bits per heavy atom. The van der Waals surface area contributed by atoms with Crippen LogP contribution in [0.15, 0.2) is 74.5 Å². The molecule has 4 fully saturated rings. The summed E-state index contributed by atoms with van der Waals surface area (Å²) in [4.78, 5) is 58.4. The summed E-state index contributed by atoms with van der Waals surface area (Å²) in [5.41, 5.74) is 1.16. The number of aliphatic hydroxyl groups excluding tert-OH is 2. The monoisotopic (exact) mass is 810 g/mol. The van der Waals surface area contributed by atoms with Crippen LogP contribution in [-0.2, 0) is 19.1 Å². The number of nitrogens with one attached hydrogen (secondary N) is 1. The van der Waals surface area contributed by atoms with Crippen LogP contribution in [-0.4, -0.2) is 86.0 Å². The van der Waals surface area contributed by atoms with Gasteiger partial charge in [0.2, 0.25) is 0 Å². The van der Waals surface area contributed by atoms with E-state index in [1.54, 1.807) is 56.1 Å². The number of esters is 2. The molecule has 0 saturated heterocycles. The molecule has 8 atom stereocenters. The van der Waals surface area contributed by atoms with E-state index in [4.69, 9.17) is 18.6 Å². The standard InChI is InChI=1S/C33H39NO9.C10H11N5O/c1-31-11-10-24(42-29(38)18-8-9-18)32(2,16-40-28(37)17-6-7-17)22(31)14-23(35)33(3)27(31)26(36)25-21(43-33)13-20(41-30(25)39)19-5-4-12-34-15-19;1-8-7-15(10(16)14-13-8)12-6-9-3-2-4-11-5-9/h4-5,12-13,15,17-18,22-24,26-27,35-36H,6-11,14,16H2,1-3H3;2-6H,7H2,1H3,(H,14,16)/b;12-6+/t22-,23+,24+,26+,27-,31+,32+,33-;/m1./s1. The molecule has 5 heterocycles.